The molecule has 0 aliphatic heterocycles. The fourth-order valence-corrected chi connectivity index (χ4v) is 1.61. The lowest BCUT2D eigenvalue weighted by Crippen LogP contribution is -1.94. The zero-order chi connectivity index (χ0) is 10.8. The van der Waals surface area contributed by atoms with Gasteiger partial charge in [-0.25, -0.2) is 0 Å². The zero-order valence-corrected chi connectivity index (χ0v) is 8.95. The summed E-state index contributed by atoms with van der Waals surface area (Å²) in [6.07, 6.45) is 0.899. The van der Waals surface area contributed by atoms with Gasteiger partial charge in [-0.1, -0.05) is 6.92 Å². The molecule has 0 saturated carbocycles. The summed E-state index contributed by atoms with van der Waals surface area (Å²) in [5.41, 5.74) is 8.43. The molecule has 2 N–H and O–H groups in total. The van der Waals surface area contributed by atoms with Crippen molar-refractivity contribution in [3.8, 4) is 5.75 Å². The van der Waals surface area contributed by atoms with E-state index < -0.39 is 0 Å². The van der Waals surface area contributed by atoms with E-state index in [1.54, 1.807) is 7.11 Å². The molecule has 1 heterocycles. The molecule has 0 unspecified atom stereocenters. The predicted molar refractivity (Wildman–Crippen MR) is 62.1 cm³/mol. The third kappa shape index (κ3) is 1.73. The molecule has 15 heavy (non-hydrogen) atoms. The normalized spacial score (nSPS) is 10.5. The van der Waals surface area contributed by atoms with Crippen molar-refractivity contribution in [3.05, 3.63) is 30.0 Å². The minimum atomic E-state index is 0.729. The van der Waals surface area contributed by atoms with Gasteiger partial charge in [-0.2, -0.15) is 0 Å². The highest BCUT2D eigenvalue weighted by Gasteiger charge is 2.05. The standard InChI is InChI=1S/C12H14N2O/c1-3-9-7-12(15-2)10-6-8(13)4-5-11(10)14-9/h4-7H,3,13H2,1-2H3. The van der Waals surface area contributed by atoms with Crippen LogP contribution in [-0.4, -0.2) is 12.1 Å². The summed E-state index contributed by atoms with van der Waals surface area (Å²) >= 11 is 0. The number of benzene rings is 1. The largest absolute Gasteiger partial charge is 0.496 e. The molecule has 0 fully saturated rings. The molecule has 1 aromatic heterocycles. The van der Waals surface area contributed by atoms with Crippen LogP contribution in [0.3, 0.4) is 0 Å². The van der Waals surface area contributed by atoms with Crippen LogP contribution in [0.5, 0.6) is 5.75 Å². The number of pyridine rings is 1. The second-order valence-electron chi connectivity index (χ2n) is 3.45. The maximum atomic E-state index is 5.73. The lowest BCUT2D eigenvalue weighted by molar-refractivity contribution is 0.419. The van der Waals surface area contributed by atoms with Crippen LogP contribution in [0.25, 0.3) is 10.9 Å². The Balaban J connectivity index is 2.75. The van der Waals surface area contributed by atoms with Crippen LogP contribution in [0.4, 0.5) is 5.69 Å². The van der Waals surface area contributed by atoms with Gasteiger partial charge in [0.1, 0.15) is 5.75 Å². The molecule has 0 amide bonds. The Kier molecular flexibility index (Phi) is 2.46. The van der Waals surface area contributed by atoms with E-state index in [1.807, 2.05) is 24.3 Å². The summed E-state index contributed by atoms with van der Waals surface area (Å²) in [4.78, 5) is 4.51. The van der Waals surface area contributed by atoms with Crippen molar-refractivity contribution in [1.82, 2.24) is 4.98 Å². The molecule has 3 nitrogen and oxygen atoms in total. The second kappa shape index (κ2) is 3.77. The number of nitrogens with two attached hydrogens (primary N) is 1. The minimum absolute atomic E-state index is 0.729. The Bertz CT molecular complexity index is 494. The number of hydrogen-bond donors (Lipinski definition) is 1. The highest BCUT2D eigenvalue weighted by Crippen LogP contribution is 2.27. The number of aryl methyl sites for hydroxylation is 1. The lowest BCUT2D eigenvalue weighted by Gasteiger charge is -2.07. The van der Waals surface area contributed by atoms with Crippen molar-refractivity contribution >= 4 is 16.6 Å². The molecule has 0 atom stereocenters. The molecule has 0 radical (unpaired) electrons. The molecule has 0 spiro atoms. The van der Waals surface area contributed by atoms with Gasteiger partial charge in [-0.15, -0.1) is 0 Å². The Hall–Kier alpha value is -1.77. The summed E-state index contributed by atoms with van der Waals surface area (Å²) in [6.45, 7) is 2.07. The first kappa shape index (κ1) is 9.77. The molecule has 0 aliphatic carbocycles. The van der Waals surface area contributed by atoms with Crippen molar-refractivity contribution in [2.24, 2.45) is 0 Å². The number of hydrogen-bond acceptors (Lipinski definition) is 3. The van der Waals surface area contributed by atoms with Crippen molar-refractivity contribution < 1.29 is 4.74 Å². The van der Waals surface area contributed by atoms with E-state index in [0.29, 0.717) is 0 Å². The van der Waals surface area contributed by atoms with Gasteiger partial charge >= 0.3 is 0 Å². The molecule has 0 aliphatic rings. The molecule has 2 rings (SSSR count). The van der Waals surface area contributed by atoms with E-state index in [9.17, 15) is 0 Å². The molecular formula is C12H14N2O. The van der Waals surface area contributed by atoms with Crippen LogP contribution in [0.2, 0.25) is 0 Å². The van der Waals surface area contributed by atoms with Gasteiger partial charge in [0.25, 0.3) is 0 Å². The number of ether oxygens (including phenoxy) is 1. The Morgan fingerprint density at radius 1 is 1.33 bits per heavy atom. The van der Waals surface area contributed by atoms with Crippen LogP contribution in [-0.2, 0) is 6.42 Å². The van der Waals surface area contributed by atoms with Crippen molar-refractivity contribution in [1.29, 1.82) is 0 Å². The summed E-state index contributed by atoms with van der Waals surface area (Å²) < 4.78 is 5.33. The third-order valence-electron chi connectivity index (χ3n) is 2.43. The molecule has 1 aromatic carbocycles. The van der Waals surface area contributed by atoms with E-state index in [1.165, 1.54) is 0 Å². The fraction of sp³-hybridized carbons (Fsp3) is 0.250. The number of methoxy groups -OCH3 is 1. The van der Waals surface area contributed by atoms with E-state index >= 15 is 0 Å². The average molecular weight is 202 g/mol. The van der Waals surface area contributed by atoms with E-state index in [-0.39, 0.29) is 0 Å². The van der Waals surface area contributed by atoms with Gasteiger partial charge < -0.3 is 10.5 Å². The predicted octanol–water partition coefficient (Wildman–Crippen LogP) is 2.39. The van der Waals surface area contributed by atoms with Gasteiger partial charge in [0, 0.05) is 22.8 Å². The van der Waals surface area contributed by atoms with E-state index in [4.69, 9.17) is 10.5 Å². The third-order valence-corrected chi connectivity index (χ3v) is 2.43. The summed E-state index contributed by atoms with van der Waals surface area (Å²) in [5.74, 6) is 0.837. The van der Waals surface area contributed by atoms with Crippen molar-refractivity contribution in [2.75, 3.05) is 12.8 Å². The number of nitrogens with zero attached hydrogens (tertiary/aromatic N) is 1. The minimum Gasteiger partial charge on any atom is -0.496 e. The highest BCUT2D eigenvalue weighted by molar-refractivity contribution is 5.87. The zero-order valence-electron chi connectivity index (χ0n) is 8.95. The quantitative estimate of drug-likeness (QED) is 0.760. The van der Waals surface area contributed by atoms with Gasteiger partial charge in [0.2, 0.25) is 0 Å². The topological polar surface area (TPSA) is 48.1 Å². The van der Waals surface area contributed by atoms with Crippen LogP contribution in [0.1, 0.15) is 12.6 Å². The van der Waals surface area contributed by atoms with Crippen LogP contribution < -0.4 is 10.5 Å². The molecular weight excluding hydrogens is 188 g/mol. The lowest BCUT2D eigenvalue weighted by atomic mass is 10.1. The SMILES string of the molecule is CCc1cc(OC)c2cc(N)ccc2n1. The monoisotopic (exact) mass is 202 g/mol. The Labute approximate surface area is 88.9 Å². The molecule has 0 saturated heterocycles. The number of rotatable bonds is 2. The average Bonchev–Trinajstić information content (AvgIpc) is 2.27. The van der Waals surface area contributed by atoms with E-state index in [0.717, 1.165) is 34.5 Å². The molecule has 0 bridgehead atoms. The number of fused-ring (bicyclic) bond motifs is 1. The maximum absolute atomic E-state index is 5.73. The highest BCUT2D eigenvalue weighted by atomic mass is 16.5. The van der Waals surface area contributed by atoms with Crippen molar-refractivity contribution in [3.63, 3.8) is 0 Å². The molecule has 2 aromatic rings. The van der Waals surface area contributed by atoms with Gasteiger partial charge in [0.05, 0.1) is 12.6 Å². The number of anilines is 1. The van der Waals surface area contributed by atoms with Gasteiger partial charge in [0.15, 0.2) is 0 Å². The first-order valence-corrected chi connectivity index (χ1v) is 4.97. The van der Waals surface area contributed by atoms with Gasteiger partial charge in [-0.05, 0) is 24.6 Å². The second-order valence-corrected chi connectivity index (χ2v) is 3.45. The Morgan fingerprint density at radius 3 is 2.80 bits per heavy atom. The maximum Gasteiger partial charge on any atom is 0.130 e. The summed E-state index contributed by atoms with van der Waals surface area (Å²) in [6, 6.07) is 7.63. The summed E-state index contributed by atoms with van der Waals surface area (Å²) in [7, 11) is 1.66. The summed E-state index contributed by atoms with van der Waals surface area (Å²) in [5, 5.41) is 0.967. The fourth-order valence-electron chi connectivity index (χ4n) is 1.61. The molecule has 78 valence electrons. The van der Waals surface area contributed by atoms with Crippen LogP contribution >= 0.6 is 0 Å². The smallest absolute Gasteiger partial charge is 0.130 e. The first-order chi connectivity index (χ1) is 7.24. The number of aromatic nitrogens is 1. The van der Waals surface area contributed by atoms with Crippen molar-refractivity contribution in [2.45, 2.75) is 13.3 Å². The molecule has 3 heteroatoms. The Morgan fingerprint density at radius 2 is 2.13 bits per heavy atom. The van der Waals surface area contributed by atoms with Crippen LogP contribution in [0, 0.1) is 0 Å². The number of nitrogen functional groups attached to an aromatic ring is 1. The first-order valence-electron chi connectivity index (χ1n) is 4.97. The van der Waals surface area contributed by atoms with E-state index in [2.05, 4.69) is 11.9 Å². The van der Waals surface area contributed by atoms with Gasteiger partial charge in [-0.3, -0.25) is 4.98 Å². The van der Waals surface area contributed by atoms with Crippen LogP contribution in [0.15, 0.2) is 24.3 Å².